The normalized spacial score (nSPS) is 16.1. The Kier molecular flexibility index (Phi) is 3.87. The minimum Gasteiger partial charge on any atom is -0.480 e. The summed E-state index contributed by atoms with van der Waals surface area (Å²) < 4.78 is 23.3. The molecule has 108 valence electrons. The number of methoxy groups -OCH3 is 1. The van der Waals surface area contributed by atoms with E-state index in [4.69, 9.17) is 4.74 Å². The summed E-state index contributed by atoms with van der Waals surface area (Å²) in [5.41, 5.74) is -1.23. The molecule has 6 nitrogen and oxygen atoms in total. The van der Waals surface area contributed by atoms with Crippen molar-refractivity contribution >= 4 is 11.7 Å². The number of halogens is 1. The number of nitro groups is 1. The highest BCUT2D eigenvalue weighted by atomic mass is 19.1. The Morgan fingerprint density at radius 1 is 1.50 bits per heavy atom. The Bertz CT molecular complexity index is 542. The minimum atomic E-state index is -0.782. The van der Waals surface area contributed by atoms with Crippen molar-refractivity contribution in [1.82, 2.24) is 0 Å². The lowest BCUT2D eigenvalue weighted by atomic mass is 9.77. The van der Waals surface area contributed by atoms with Crippen LogP contribution < -0.4 is 4.74 Å². The maximum Gasteiger partial charge on any atom is 0.313 e. The largest absolute Gasteiger partial charge is 0.480 e. The summed E-state index contributed by atoms with van der Waals surface area (Å²) in [4.78, 5) is 21.6. The number of ether oxygens (including phenoxy) is 2. The van der Waals surface area contributed by atoms with Gasteiger partial charge in [-0.2, -0.15) is 0 Å². The van der Waals surface area contributed by atoms with E-state index >= 15 is 0 Å². The molecule has 0 radical (unpaired) electrons. The molecule has 2 rings (SSSR count). The van der Waals surface area contributed by atoms with Gasteiger partial charge < -0.3 is 9.47 Å². The predicted octanol–water partition coefficient (Wildman–Crippen LogP) is 2.60. The molecule has 0 unspecified atom stereocenters. The molecule has 1 fully saturated rings. The fraction of sp³-hybridized carbons (Fsp3) is 0.462. The number of esters is 1. The van der Waals surface area contributed by atoms with Crippen LogP contribution in [-0.4, -0.2) is 23.6 Å². The fourth-order valence-electron chi connectivity index (χ4n) is 2.17. The molecule has 0 atom stereocenters. The number of carbonyl (C=O) groups excluding carboxylic acids is 1. The summed E-state index contributed by atoms with van der Waals surface area (Å²) in [6.45, 7) is 0. The Balaban J connectivity index is 2.24. The molecule has 0 N–H and O–H groups in total. The number of rotatable bonds is 5. The predicted molar refractivity (Wildman–Crippen MR) is 66.9 cm³/mol. The van der Waals surface area contributed by atoms with E-state index in [1.807, 2.05) is 0 Å². The topological polar surface area (TPSA) is 78.7 Å². The Morgan fingerprint density at radius 2 is 2.20 bits per heavy atom. The Labute approximate surface area is 114 Å². The lowest BCUT2D eigenvalue weighted by Crippen LogP contribution is -2.45. The van der Waals surface area contributed by atoms with Gasteiger partial charge in [0.25, 0.3) is 0 Å². The van der Waals surface area contributed by atoms with E-state index in [-0.39, 0.29) is 12.2 Å². The molecule has 1 saturated carbocycles. The van der Waals surface area contributed by atoms with Gasteiger partial charge in [-0.25, -0.2) is 4.39 Å². The number of nitrogens with zero attached hydrogens (tertiary/aromatic N) is 1. The van der Waals surface area contributed by atoms with Crippen molar-refractivity contribution in [2.45, 2.75) is 31.3 Å². The second-order valence-electron chi connectivity index (χ2n) is 4.76. The van der Waals surface area contributed by atoms with Crippen LogP contribution in [0.4, 0.5) is 10.1 Å². The van der Waals surface area contributed by atoms with Gasteiger partial charge in [0, 0.05) is 0 Å². The second-order valence-corrected chi connectivity index (χ2v) is 4.76. The van der Waals surface area contributed by atoms with Crippen molar-refractivity contribution in [3.05, 3.63) is 34.1 Å². The van der Waals surface area contributed by atoms with Gasteiger partial charge in [-0.05, 0) is 31.4 Å². The van der Waals surface area contributed by atoms with E-state index in [1.54, 1.807) is 0 Å². The first-order valence-corrected chi connectivity index (χ1v) is 6.15. The molecule has 1 aliphatic carbocycles. The molecule has 7 heteroatoms. The van der Waals surface area contributed by atoms with Crippen molar-refractivity contribution < 1.29 is 23.6 Å². The molecular weight excluding hydrogens is 269 g/mol. The molecule has 0 spiro atoms. The van der Waals surface area contributed by atoms with Gasteiger partial charge in [0.15, 0.2) is 5.75 Å². The van der Waals surface area contributed by atoms with Gasteiger partial charge in [0.1, 0.15) is 11.4 Å². The highest BCUT2D eigenvalue weighted by Crippen LogP contribution is 2.42. The SMILES string of the molecule is COC(=O)CC1(Oc2ccc(F)cc2[N+](=O)[O-])CCC1. The summed E-state index contributed by atoms with van der Waals surface area (Å²) in [6, 6.07) is 3.11. The lowest BCUT2D eigenvalue weighted by Gasteiger charge is -2.40. The molecule has 0 aliphatic heterocycles. The van der Waals surface area contributed by atoms with E-state index in [0.29, 0.717) is 12.8 Å². The third-order valence-corrected chi connectivity index (χ3v) is 3.40. The summed E-state index contributed by atoms with van der Waals surface area (Å²) in [5.74, 6) is -1.17. The van der Waals surface area contributed by atoms with Crippen LogP contribution in [0.1, 0.15) is 25.7 Å². The average molecular weight is 283 g/mol. The Hall–Kier alpha value is -2.18. The van der Waals surface area contributed by atoms with Gasteiger partial charge in [0.05, 0.1) is 24.5 Å². The van der Waals surface area contributed by atoms with Gasteiger partial charge in [0.2, 0.25) is 0 Å². The highest BCUT2D eigenvalue weighted by Gasteiger charge is 2.43. The van der Waals surface area contributed by atoms with Crippen LogP contribution in [0.3, 0.4) is 0 Å². The molecule has 0 amide bonds. The summed E-state index contributed by atoms with van der Waals surface area (Å²) in [5, 5.41) is 10.9. The summed E-state index contributed by atoms with van der Waals surface area (Å²) >= 11 is 0. The molecule has 1 aliphatic rings. The van der Waals surface area contributed by atoms with Crippen LogP contribution in [0.5, 0.6) is 5.75 Å². The molecule has 0 bridgehead atoms. The zero-order chi connectivity index (χ0) is 14.8. The molecule has 0 heterocycles. The van der Waals surface area contributed by atoms with Crippen molar-refractivity contribution in [3.8, 4) is 5.75 Å². The van der Waals surface area contributed by atoms with E-state index in [0.717, 1.165) is 18.6 Å². The van der Waals surface area contributed by atoms with Gasteiger partial charge in [-0.3, -0.25) is 14.9 Å². The lowest BCUT2D eigenvalue weighted by molar-refractivity contribution is -0.386. The number of hydrogen-bond donors (Lipinski definition) is 0. The van der Waals surface area contributed by atoms with E-state index < -0.39 is 28.0 Å². The van der Waals surface area contributed by atoms with Gasteiger partial charge in [-0.1, -0.05) is 0 Å². The number of hydrogen-bond acceptors (Lipinski definition) is 5. The van der Waals surface area contributed by atoms with E-state index in [1.165, 1.54) is 13.2 Å². The zero-order valence-electron chi connectivity index (χ0n) is 10.9. The molecule has 1 aromatic rings. The summed E-state index contributed by atoms with van der Waals surface area (Å²) in [6.07, 6.45) is 2.11. The van der Waals surface area contributed by atoms with Crippen molar-refractivity contribution in [1.29, 1.82) is 0 Å². The van der Waals surface area contributed by atoms with Gasteiger partial charge >= 0.3 is 11.7 Å². The van der Waals surface area contributed by atoms with E-state index in [2.05, 4.69) is 4.74 Å². The van der Waals surface area contributed by atoms with Crippen molar-refractivity contribution in [2.24, 2.45) is 0 Å². The monoisotopic (exact) mass is 283 g/mol. The standard InChI is InChI=1S/C13H14FNO5/c1-19-12(16)8-13(5-2-6-13)20-11-4-3-9(14)7-10(11)15(17)18/h3-4,7H,2,5-6,8H2,1H3. The van der Waals surface area contributed by atoms with E-state index in [9.17, 15) is 19.3 Å². The maximum atomic E-state index is 13.1. The fourth-order valence-corrected chi connectivity index (χ4v) is 2.17. The first-order valence-electron chi connectivity index (χ1n) is 6.15. The molecule has 0 saturated heterocycles. The van der Waals surface area contributed by atoms with Crippen molar-refractivity contribution in [3.63, 3.8) is 0 Å². The van der Waals surface area contributed by atoms with Crippen LogP contribution in [0, 0.1) is 15.9 Å². The third-order valence-electron chi connectivity index (χ3n) is 3.40. The molecular formula is C13H14FNO5. The number of nitro benzene ring substituents is 1. The quantitative estimate of drug-likeness (QED) is 0.471. The number of carbonyl (C=O) groups is 1. The van der Waals surface area contributed by atoms with Crippen LogP contribution >= 0.6 is 0 Å². The third kappa shape index (κ3) is 2.87. The Morgan fingerprint density at radius 3 is 2.70 bits per heavy atom. The second kappa shape index (κ2) is 5.44. The van der Waals surface area contributed by atoms with Gasteiger partial charge in [-0.15, -0.1) is 0 Å². The molecule has 0 aromatic heterocycles. The highest BCUT2D eigenvalue weighted by molar-refractivity contribution is 5.71. The van der Waals surface area contributed by atoms with Crippen molar-refractivity contribution in [2.75, 3.05) is 7.11 Å². The van der Waals surface area contributed by atoms with Crippen LogP contribution in [0.2, 0.25) is 0 Å². The average Bonchev–Trinajstić information content (AvgIpc) is 2.37. The zero-order valence-corrected chi connectivity index (χ0v) is 10.9. The maximum absolute atomic E-state index is 13.1. The first kappa shape index (κ1) is 14.2. The van der Waals surface area contributed by atoms with Crippen LogP contribution in [-0.2, 0) is 9.53 Å². The first-order chi connectivity index (χ1) is 9.46. The van der Waals surface area contributed by atoms with Crippen LogP contribution in [0.25, 0.3) is 0 Å². The van der Waals surface area contributed by atoms with Crippen LogP contribution in [0.15, 0.2) is 18.2 Å². The molecule has 1 aromatic carbocycles. The number of benzene rings is 1. The summed E-state index contributed by atoms with van der Waals surface area (Å²) in [7, 11) is 1.27. The molecule has 20 heavy (non-hydrogen) atoms. The minimum absolute atomic E-state index is 0.0258. The smallest absolute Gasteiger partial charge is 0.313 e.